The highest BCUT2D eigenvalue weighted by molar-refractivity contribution is 5.96. The molecule has 0 spiro atoms. The Morgan fingerprint density at radius 3 is 1.60 bits per heavy atom. The van der Waals surface area contributed by atoms with Crippen LogP contribution in [0.4, 0.5) is 0 Å². The Kier molecular flexibility index (Phi) is 18.8. The van der Waals surface area contributed by atoms with Gasteiger partial charge in [-0.1, -0.05) is 103 Å². The van der Waals surface area contributed by atoms with Gasteiger partial charge in [0.25, 0.3) is 0 Å². The van der Waals surface area contributed by atoms with E-state index in [4.69, 9.17) is 9.47 Å². The number of likely N-dealkylation sites (N-methyl/N-ethyl adjacent to an activating group) is 1. The molecule has 0 aliphatic carbocycles. The Hall–Kier alpha value is -7.63. The van der Waals surface area contributed by atoms with Gasteiger partial charge >= 0.3 is 0 Å². The molecule has 8 N–H and O–H groups in total. The predicted molar refractivity (Wildman–Crippen MR) is 251 cm³/mol. The number of hydrogen-bond acceptors (Lipinski definition) is 10. The zero-order valence-electron chi connectivity index (χ0n) is 37.6. The van der Waals surface area contributed by atoms with E-state index in [0.29, 0.717) is 42.4 Å². The van der Waals surface area contributed by atoms with E-state index in [1.807, 2.05) is 103 Å². The van der Waals surface area contributed by atoms with Crippen molar-refractivity contribution in [1.82, 2.24) is 51.8 Å². The second-order valence-electron chi connectivity index (χ2n) is 15.9. The lowest BCUT2D eigenvalue weighted by atomic mass is 10.0. The Bertz CT molecular complexity index is 2420. The van der Waals surface area contributed by atoms with Crippen LogP contribution in [0.5, 0.6) is 5.75 Å². The van der Waals surface area contributed by atoms with Gasteiger partial charge in [0.1, 0.15) is 36.5 Å². The number of rotatable bonds is 26. The molecule has 0 unspecified atom stereocenters. The van der Waals surface area contributed by atoms with Gasteiger partial charge in [-0.05, 0) is 48.2 Å². The molecule has 2 heterocycles. The summed E-state index contributed by atoms with van der Waals surface area (Å²) in [7, 11) is 0. The molecule has 0 fully saturated rings. The van der Waals surface area contributed by atoms with Gasteiger partial charge in [-0.2, -0.15) is 0 Å². The van der Waals surface area contributed by atoms with Gasteiger partial charge in [0.15, 0.2) is 0 Å². The number of hydrogen-bond donors (Lipinski definition) is 8. The number of carbonyl (C=O) groups excluding carboxylic acids is 5. The number of benzene rings is 4. The third-order valence-electron chi connectivity index (χ3n) is 10.7. The van der Waals surface area contributed by atoms with Crippen LogP contribution in [0.15, 0.2) is 140 Å². The molecule has 17 heteroatoms. The Balaban J connectivity index is 1.25. The lowest BCUT2D eigenvalue weighted by Crippen LogP contribution is -2.60. The fourth-order valence-corrected chi connectivity index (χ4v) is 7.02. The highest BCUT2D eigenvalue weighted by Gasteiger charge is 2.33. The normalized spacial score (nSPS) is 13.2. The summed E-state index contributed by atoms with van der Waals surface area (Å²) in [6.45, 7) is 4.21. The highest BCUT2D eigenvalue weighted by atomic mass is 16.5. The molecular formula is C50H58N10O7. The molecule has 17 nitrogen and oxygen atoms in total. The molecule has 2 aromatic heterocycles. The molecule has 350 valence electrons. The van der Waals surface area contributed by atoms with E-state index in [1.54, 1.807) is 25.3 Å². The first-order valence-electron chi connectivity index (χ1n) is 22.2. The van der Waals surface area contributed by atoms with Crippen LogP contribution in [-0.2, 0) is 67.7 Å². The molecule has 0 radical (unpaired) electrons. The molecule has 0 saturated carbocycles. The van der Waals surface area contributed by atoms with Crippen molar-refractivity contribution < 1.29 is 33.4 Å². The van der Waals surface area contributed by atoms with Crippen LogP contribution < -0.4 is 36.6 Å². The van der Waals surface area contributed by atoms with E-state index >= 15 is 0 Å². The van der Waals surface area contributed by atoms with Crippen molar-refractivity contribution in [3.05, 3.63) is 174 Å². The standard InChI is InChI=1S/C50H58N10O7/c1-3-53-46(61)34(2)57-48(63)44(25-40-28-52-33-56-40)59-50(65)45(31-66-29-37-15-9-5-10-16-37)60-49(64)43(23-35-19-21-41(22-20-35)67-30-38-17-11-6-12-18-38)58-47(62)42(24-39-27-51-32-55-39)54-26-36-13-7-4-8-14-36/h4-22,27-28,32-34,42-45,54H,3,23-26,29-31H2,1-2H3,(H,51,55)(H,52,56)(H,53,61)(H,57,63)(H,58,62)(H,59,65)(H,60,64)/t34-,42+,43+,44+,45+/m1/s1. The van der Waals surface area contributed by atoms with Crippen LogP contribution in [0.25, 0.3) is 0 Å². The van der Waals surface area contributed by atoms with Gasteiger partial charge in [0.05, 0.1) is 31.9 Å². The first-order chi connectivity index (χ1) is 32.6. The first-order valence-corrected chi connectivity index (χ1v) is 22.2. The second kappa shape index (κ2) is 25.8. The Morgan fingerprint density at radius 1 is 0.537 bits per heavy atom. The molecule has 0 aliphatic heterocycles. The van der Waals surface area contributed by atoms with Gasteiger partial charge in [0.2, 0.25) is 29.5 Å². The van der Waals surface area contributed by atoms with E-state index in [0.717, 1.165) is 16.7 Å². The van der Waals surface area contributed by atoms with E-state index in [2.05, 4.69) is 51.8 Å². The Labute approximate surface area is 389 Å². The van der Waals surface area contributed by atoms with Gasteiger partial charge in [-0.25, -0.2) is 9.97 Å². The zero-order valence-corrected chi connectivity index (χ0v) is 37.6. The summed E-state index contributed by atoms with van der Waals surface area (Å²) in [5.74, 6) is -2.30. The van der Waals surface area contributed by atoms with Gasteiger partial charge in [-0.15, -0.1) is 0 Å². The summed E-state index contributed by atoms with van der Waals surface area (Å²) in [6, 6.07) is 30.4. The largest absolute Gasteiger partial charge is 0.489 e. The number of aromatic nitrogens is 4. The van der Waals surface area contributed by atoms with E-state index < -0.39 is 59.7 Å². The van der Waals surface area contributed by atoms with Crippen LogP contribution in [0.1, 0.15) is 47.5 Å². The van der Waals surface area contributed by atoms with Crippen LogP contribution >= 0.6 is 0 Å². The Morgan fingerprint density at radius 2 is 1.03 bits per heavy atom. The molecule has 5 atom stereocenters. The fourth-order valence-electron chi connectivity index (χ4n) is 7.02. The van der Waals surface area contributed by atoms with Crippen molar-refractivity contribution in [2.24, 2.45) is 0 Å². The molecule has 0 saturated heterocycles. The fraction of sp³-hybridized carbons (Fsp3) is 0.300. The maximum Gasteiger partial charge on any atom is 0.245 e. The van der Waals surface area contributed by atoms with Gasteiger partial charge < -0.3 is 51.3 Å². The quantitative estimate of drug-likeness (QED) is 0.0396. The van der Waals surface area contributed by atoms with Crippen LogP contribution in [0, 0.1) is 0 Å². The third-order valence-corrected chi connectivity index (χ3v) is 10.7. The summed E-state index contributed by atoms with van der Waals surface area (Å²) in [4.78, 5) is 83.9. The van der Waals surface area contributed by atoms with E-state index in [9.17, 15) is 24.0 Å². The van der Waals surface area contributed by atoms with Crippen LogP contribution in [-0.4, -0.2) is 92.8 Å². The summed E-state index contributed by atoms with van der Waals surface area (Å²) < 4.78 is 12.0. The van der Waals surface area contributed by atoms with Crippen molar-refractivity contribution in [2.75, 3.05) is 13.2 Å². The van der Waals surface area contributed by atoms with Crippen molar-refractivity contribution in [2.45, 2.75) is 83.1 Å². The van der Waals surface area contributed by atoms with Crippen molar-refractivity contribution in [3.63, 3.8) is 0 Å². The second-order valence-corrected chi connectivity index (χ2v) is 15.9. The summed E-state index contributed by atoms with van der Waals surface area (Å²) in [5, 5.41) is 17.3. The summed E-state index contributed by atoms with van der Waals surface area (Å²) in [5.41, 5.74) is 4.73. The molecule has 4 aromatic carbocycles. The van der Waals surface area contributed by atoms with E-state index in [1.165, 1.54) is 25.8 Å². The van der Waals surface area contributed by atoms with Crippen LogP contribution in [0.3, 0.4) is 0 Å². The van der Waals surface area contributed by atoms with Crippen molar-refractivity contribution in [1.29, 1.82) is 0 Å². The predicted octanol–water partition coefficient (Wildman–Crippen LogP) is 3.21. The van der Waals surface area contributed by atoms with Gasteiger partial charge in [-0.3, -0.25) is 24.0 Å². The number of aromatic amines is 2. The smallest absolute Gasteiger partial charge is 0.245 e. The SMILES string of the molecule is CCNC(=O)[C@@H](C)NC(=O)[C@H](Cc1cnc[nH]1)NC(=O)[C@H](COCc1ccccc1)NC(=O)[C@H](Cc1ccc(OCc2ccccc2)cc1)NC(=O)[C@H](Cc1cnc[nH]1)NCc1ccccc1. The van der Waals surface area contributed by atoms with E-state index in [-0.39, 0.29) is 32.5 Å². The number of nitrogens with one attached hydrogen (secondary N) is 8. The monoisotopic (exact) mass is 910 g/mol. The number of H-pyrrole nitrogens is 2. The van der Waals surface area contributed by atoms with Crippen molar-refractivity contribution in [3.8, 4) is 5.75 Å². The molecule has 5 amide bonds. The maximum atomic E-state index is 14.7. The van der Waals surface area contributed by atoms with Crippen LogP contribution in [0.2, 0.25) is 0 Å². The first kappa shape index (κ1) is 48.8. The highest BCUT2D eigenvalue weighted by Crippen LogP contribution is 2.16. The lowest BCUT2D eigenvalue weighted by Gasteiger charge is -2.27. The minimum atomic E-state index is -1.35. The lowest BCUT2D eigenvalue weighted by molar-refractivity contribution is -0.135. The van der Waals surface area contributed by atoms with Gasteiger partial charge in [0, 0.05) is 56.1 Å². The number of nitrogens with zero attached hydrogens (tertiary/aromatic N) is 2. The minimum absolute atomic E-state index is 0.0112. The average molecular weight is 911 g/mol. The topological polar surface area (TPSA) is 233 Å². The average Bonchev–Trinajstić information content (AvgIpc) is 4.08. The maximum absolute atomic E-state index is 14.7. The number of amides is 5. The molecular weight excluding hydrogens is 853 g/mol. The number of ether oxygens (including phenoxy) is 2. The molecule has 0 bridgehead atoms. The van der Waals surface area contributed by atoms with Crippen molar-refractivity contribution >= 4 is 29.5 Å². The number of imidazole rings is 2. The number of carbonyl (C=O) groups is 5. The third kappa shape index (κ3) is 16.1. The molecule has 6 rings (SSSR count). The molecule has 67 heavy (non-hydrogen) atoms. The molecule has 6 aromatic rings. The minimum Gasteiger partial charge on any atom is -0.489 e. The zero-order chi connectivity index (χ0) is 47.2. The summed E-state index contributed by atoms with van der Waals surface area (Å²) in [6.07, 6.45) is 6.39. The summed E-state index contributed by atoms with van der Waals surface area (Å²) >= 11 is 0. The molecule has 0 aliphatic rings.